The lowest BCUT2D eigenvalue weighted by Gasteiger charge is -2.13. The smallest absolute Gasteiger partial charge is 0.130 e. The lowest BCUT2D eigenvalue weighted by molar-refractivity contribution is 0.189. The Labute approximate surface area is 113 Å². The molecule has 4 heteroatoms. The number of aryl methyl sites for hydroxylation is 2. The molecule has 0 radical (unpaired) electrons. The molecule has 0 fully saturated rings. The van der Waals surface area contributed by atoms with Crippen LogP contribution in [0.15, 0.2) is 30.3 Å². The summed E-state index contributed by atoms with van der Waals surface area (Å²) in [6, 6.07) is 9.60. The molecule has 0 aliphatic rings. The molecular formula is C15H20N2O2. The van der Waals surface area contributed by atoms with Gasteiger partial charge in [0.15, 0.2) is 0 Å². The number of aromatic nitrogens is 2. The number of hydrogen-bond acceptors (Lipinski definition) is 3. The third-order valence-corrected chi connectivity index (χ3v) is 3.13. The molecule has 1 N–H and O–H groups in total. The summed E-state index contributed by atoms with van der Waals surface area (Å²) < 4.78 is 7.64. The fourth-order valence-corrected chi connectivity index (χ4v) is 1.99. The van der Waals surface area contributed by atoms with E-state index in [1.807, 2.05) is 42.1 Å². The Morgan fingerprint density at radius 2 is 2.11 bits per heavy atom. The van der Waals surface area contributed by atoms with Crippen LogP contribution >= 0.6 is 0 Å². The van der Waals surface area contributed by atoms with Crippen molar-refractivity contribution in [2.75, 3.05) is 0 Å². The summed E-state index contributed by atoms with van der Waals surface area (Å²) in [5.41, 5.74) is 2.89. The fraction of sp³-hybridized carbons (Fsp3) is 0.400. The van der Waals surface area contributed by atoms with E-state index in [0.29, 0.717) is 6.61 Å². The van der Waals surface area contributed by atoms with Crippen molar-refractivity contribution in [1.82, 2.24) is 9.78 Å². The van der Waals surface area contributed by atoms with Crippen molar-refractivity contribution in [2.45, 2.75) is 33.0 Å². The van der Waals surface area contributed by atoms with Crippen molar-refractivity contribution >= 4 is 0 Å². The first-order valence-electron chi connectivity index (χ1n) is 6.53. The molecule has 0 spiro atoms. The summed E-state index contributed by atoms with van der Waals surface area (Å²) in [7, 11) is 1.92. The van der Waals surface area contributed by atoms with Crippen molar-refractivity contribution in [3.8, 4) is 5.75 Å². The highest BCUT2D eigenvalue weighted by molar-refractivity contribution is 5.34. The van der Waals surface area contributed by atoms with E-state index in [1.165, 1.54) is 0 Å². The van der Waals surface area contributed by atoms with Gasteiger partial charge in [0.1, 0.15) is 12.4 Å². The molecule has 1 aromatic carbocycles. The highest BCUT2D eigenvalue weighted by Gasteiger charge is 2.10. The topological polar surface area (TPSA) is 47.3 Å². The average molecular weight is 260 g/mol. The molecule has 2 rings (SSSR count). The van der Waals surface area contributed by atoms with Gasteiger partial charge in [-0.2, -0.15) is 5.10 Å². The van der Waals surface area contributed by atoms with Crippen LogP contribution in [0.5, 0.6) is 5.75 Å². The van der Waals surface area contributed by atoms with E-state index in [-0.39, 0.29) is 0 Å². The Kier molecular flexibility index (Phi) is 4.22. The summed E-state index contributed by atoms with van der Waals surface area (Å²) in [6.07, 6.45) is 0.381. The second kappa shape index (κ2) is 5.89. The molecule has 102 valence electrons. The van der Waals surface area contributed by atoms with Gasteiger partial charge in [0, 0.05) is 12.6 Å². The predicted octanol–water partition coefficient (Wildman–Crippen LogP) is 2.61. The van der Waals surface area contributed by atoms with Crippen LogP contribution in [0, 0.1) is 0 Å². The Morgan fingerprint density at radius 3 is 2.74 bits per heavy atom. The number of hydrogen-bond donors (Lipinski definition) is 1. The van der Waals surface area contributed by atoms with Gasteiger partial charge in [-0.05, 0) is 25.5 Å². The highest BCUT2D eigenvalue weighted by Crippen LogP contribution is 2.25. The Bertz CT molecular complexity index is 547. The van der Waals surface area contributed by atoms with Crippen LogP contribution in [-0.2, 0) is 20.1 Å². The molecule has 19 heavy (non-hydrogen) atoms. The first kappa shape index (κ1) is 13.6. The Morgan fingerprint density at radius 1 is 1.37 bits per heavy atom. The molecule has 0 saturated carbocycles. The number of nitrogens with zero attached hydrogens (tertiary/aromatic N) is 2. The first-order valence-corrected chi connectivity index (χ1v) is 6.53. The average Bonchev–Trinajstić information content (AvgIpc) is 2.77. The van der Waals surface area contributed by atoms with Gasteiger partial charge in [0.25, 0.3) is 0 Å². The quantitative estimate of drug-likeness (QED) is 0.899. The van der Waals surface area contributed by atoms with Crippen molar-refractivity contribution in [3.05, 3.63) is 47.3 Å². The van der Waals surface area contributed by atoms with Crippen molar-refractivity contribution < 1.29 is 9.84 Å². The fourth-order valence-electron chi connectivity index (χ4n) is 1.99. The van der Waals surface area contributed by atoms with E-state index in [4.69, 9.17) is 4.74 Å². The van der Waals surface area contributed by atoms with Crippen LogP contribution in [0.1, 0.15) is 36.9 Å². The van der Waals surface area contributed by atoms with Crippen LogP contribution in [0.25, 0.3) is 0 Å². The molecule has 1 unspecified atom stereocenters. The van der Waals surface area contributed by atoms with Crippen LogP contribution in [0.4, 0.5) is 0 Å². The molecule has 1 atom stereocenters. The van der Waals surface area contributed by atoms with Crippen molar-refractivity contribution in [3.63, 3.8) is 0 Å². The monoisotopic (exact) mass is 260 g/mol. The Hall–Kier alpha value is -1.81. The van der Waals surface area contributed by atoms with Gasteiger partial charge < -0.3 is 9.84 Å². The molecule has 2 aromatic rings. The van der Waals surface area contributed by atoms with E-state index in [2.05, 4.69) is 12.0 Å². The highest BCUT2D eigenvalue weighted by atomic mass is 16.5. The zero-order valence-electron chi connectivity index (χ0n) is 11.6. The predicted molar refractivity (Wildman–Crippen MR) is 74.0 cm³/mol. The van der Waals surface area contributed by atoms with Gasteiger partial charge in [-0.15, -0.1) is 0 Å². The van der Waals surface area contributed by atoms with Gasteiger partial charge in [0.05, 0.1) is 17.5 Å². The van der Waals surface area contributed by atoms with Gasteiger partial charge in [0.2, 0.25) is 0 Å². The number of ether oxygens (including phenoxy) is 1. The number of aliphatic hydroxyl groups is 1. The molecule has 4 nitrogen and oxygen atoms in total. The standard InChI is InChI=1S/C15H20N2O2/c1-4-12-9-13(17(3)16-12)10-19-15-8-6-5-7-14(15)11(2)18/h5-9,11,18H,4,10H2,1-3H3. The van der Waals surface area contributed by atoms with E-state index in [1.54, 1.807) is 6.92 Å². The summed E-state index contributed by atoms with van der Waals surface area (Å²) in [4.78, 5) is 0. The molecule has 0 saturated heterocycles. The van der Waals surface area contributed by atoms with Crippen LogP contribution < -0.4 is 4.74 Å². The van der Waals surface area contributed by atoms with E-state index < -0.39 is 6.10 Å². The molecule has 0 amide bonds. The number of benzene rings is 1. The second-order valence-corrected chi connectivity index (χ2v) is 4.61. The minimum absolute atomic E-state index is 0.452. The minimum Gasteiger partial charge on any atom is -0.487 e. The van der Waals surface area contributed by atoms with Gasteiger partial charge in [-0.25, -0.2) is 0 Å². The van der Waals surface area contributed by atoms with E-state index >= 15 is 0 Å². The van der Waals surface area contributed by atoms with E-state index in [0.717, 1.165) is 29.1 Å². The minimum atomic E-state index is -0.533. The molecule has 0 aliphatic heterocycles. The zero-order chi connectivity index (χ0) is 13.8. The molecular weight excluding hydrogens is 240 g/mol. The van der Waals surface area contributed by atoms with Crippen molar-refractivity contribution in [2.24, 2.45) is 7.05 Å². The maximum atomic E-state index is 9.70. The maximum absolute atomic E-state index is 9.70. The van der Waals surface area contributed by atoms with Gasteiger partial charge >= 0.3 is 0 Å². The number of aliphatic hydroxyl groups excluding tert-OH is 1. The van der Waals surface area contributed by atoms with Crippen molar-refractivity contribution in [1.29, 1.82) is 0 Å². The zero-order valence-corrected chi connectivity index (χ0v) is 11.6. The third-order valence-electron chi connectivity index (χ3n) is 3.13. The van der Waals surface area contributed by atoms with Crippen LogP contribution in [0.2, 0.25) is 0 Å². The SMILES string of the molecule is CCc1cc(COc2ccccc2C(C)O)n(C)n1. The summed E-state index contributed by atoms with van der Waals surface area (Å²) in [6.45, 7) is 4.27. The van der Waals surface area contributed by atoms with Crippen LogP contribution in [0.3, 0.4) is 0 Å². The van der Waals surface area contributed by atoms with E-state index in [9.17, 15) is 5.11 Å². The lowest BCUT2D eigenvalue weighted by atomic mass is 10.1. The summed E-state index contributed by atoms with van der Waals surface area (Å²) in [5.74, 6) is 0.719. The molecule has 0 aliphatic carbocycles. The van der Waals surface area contributed by atoms with Gasteiger partial charge in [-0.3, -0.25) is 4.68 Å². The second-order valence-electron chi connectivity index (χ2n) is 4.61. The number of para-hydroxylation sites is 1. The van der Waals surface area contributed by atoms with Crippen LogP contribution in [-0.4, -0.2) is 14.9 Å². The largest absolute Gasteiger partial charge is 0.487 e. The summed E-state index contributed by atoms with van der Waals surface area (Å²) in [5, 5.41) is 14.1. The molecule has 1 aromatic heterocycles. The first-order chi connectivity index (χ1) is 9.11. The molecule has 0 bridgehead atoms. The van der Waals surface area contributed by atoms with Gasteiger partial charge in [-0.1, -0.05) is 25.1 Å². The maximum Gasteiger partial charge on any atom is 0.130 e. The lowest BCUT2D eigenvalue weighted by Crippen LogP contribution is -2.05. The normalized spacial score (nSPS) is 12.4. The Balaban J connectivity index is 2.12. The molecule has 1 heterocycles. The summed E-state index contributed by atoms with van der Waals surface area (Å²) >= 11 is 0. The third kappa shape index (κ3) is 3.15. The number of rotatable bonds is 5.